The van der Waals surface area contributed by atoms with Gasteiger partial charge < -0.3 is 14.2 Å². The molecular weight excluding hydrogens is 1010 g/mol. The smallest absolute Gasteiger partial charge is 0.306 e. The lowest BCUT2D eigenvalue weighted by Crippen LogP contribution is -2.30. The van der Waals surface area contributed by atoms with E-state index in [-0.39, 0.29) is 31.1 Å². The zero-order valence-corrected chi connectivity index (χ0v) is 53.2. The topological polar surface area (TPSA) is 78.9 Å². The van der Waals surface area contributed by atoms with E-state index in [4.69, 9.17) is 14.2 Å². The number of esters is 3. The maximum Gasteiger partial charge on any atom is 0.306 e. The van der Waals surface area contributed by atoms with Crippen LogP contribution < -0.4 is 0 Å². The summed E-state index contributed by atoms with van der Waals surface area (Å²) in [6.07, 6.45) is 98.6. The molecule has 82 heavy (non-hydrogen) atoms. The maximum atomic E-state index is 12.9. The minimum Gasteiger partial charge on any atom is -0.462 e. The first-order valence-corrected chi connectivity index (χ1v) is 33.8. The molecule has 0 heterocycles. The molecule has 1 atom stereocenters. The monoisotopic (exact) mass is 1130 g/mol. The summed E-state index contributed by atoms with van der Waals surface area (Å²) in [7, 11) is 0. The Hall–Kier alpha value is -4.71. The van der Waals surface area contributed by atoms with Gasteiger partial charge in [-0.1, -0.05) is 301 Å². The van der Waals surface area contributed by atoms with E-state index < -0.39 is 6.10 Å². The van der Waals surface area contributed by atoms with Crippen molar-refractivity contribution in [1.82, 2.24) is 0 Å². The van der Waals surface area contributed by atoms with Crippen LogP contribution in [-0.2, 0) is 28.6 Å². The highest BCUT2D eigenvalue weighted by molar-refractivity contribution is 5.71. The minimum atomic E-state index is -0.811. The van der Waals surface area contributed by atoms with Gasteiger partial charge in [0.25, 0.3) is 0 Å². The van der Waals surface area contributed by atoms with Crippen molar-refractivity contribution in [3.05, 3.63) is 146 Å². The van der Waals surface area contributed by atoms with Crippen LogP contribution >= 0.6 is 0 Å². The number of hydrogen-bond acceptors (Lipinski definition) is 6. The summed E-state index contributed by atoms with van der Waals surface area (Å²) in [4.78, 5) is 38.4. The van der Waals surface area contributed by atoms with Gasteiger partial charge >= 0.3 is 17.9 Å². The van der Waals surface area contributed by atoms with E-state index >= 15 is 0 Å². The van der Waals surface area contributed by atoms with Crippen molar-refractivity contribution < 1.29 is 28.6 Å². The van der Waals surface area contributed by atoms with Gasteiger partial charge in [-0.15, -0.1) is 0 Å². The van der Waals surface area contributed by atoms with Gasteiger partial charge in [-0.05, 0) is 122 Å². The SMILES string of the molecule is CC/C=C\C/C=C\C/C=C\C/C=C\C/C=C\C/C=C\C/C=C\C/C=C\CCCCC(=O)OCC(COC(=O)CCCCCCCCCCCCCCCCCCCC)OC(=O)CCCCCCCC/C=C\C/C=C\C/C=C\C/C=C\CC. The number of carbonyl (C=O) groups is 3. The summed E-state index contributed by atoms with van der Waals surface area (Å²) in [5, 5.41) is 0. The number of rotatable bonds is 60. The summed E-state index contributed by atoms with van der Waals surface area (Å²) >= 11 is 0. The van der Waals surface area contributed by atoms with Crippen LogP contribution in [-0.4, -0.2) is 37.2 Å². The van der Waals surface area contributed by atoms with Crippen LogP contribution in [0.3, 0.4) is 0 Å². The van der Waals surface area contributed by atoms with Gasteiger partial charge in [-0.3, -0.25) is 14.4 Å². The third-order valence-electron chi connectivity index (χ3n) is 14.1. The molecule has 0 aliphatic heterocycles. The van der Waals surface area contributed by atoms with Gasteiger partial charge in [-0.25, -0.2) is 0 Å². The van der Waals surface area contributed by atoms with E-state index in [1.807, 2.05) is 0 Å². The lowest BCUT2D eigenvalue weighted by atomic mass is 10.0. The molecule has 0 aromatic carbocycles. The van der Waals surface area contributed by atoms with Crippen LogP contribution in [0.5, 0.6) is 0 Å². The highest BCUT2D eigenvalue weighted by Gasteiger charge is 2.19. The van der Waals surface area contributed by atoms with Gasteiger partial charge in [0.05, 0.1) is 0 Å². The van der Waals surface area contributed by atoms with Crippen LogP contribution in [0.4, 0.5) is 0 Å². The van der Waals surface area contributed by atoms with Crippen molar-refractivity contribution in [3.63, 3.8) is 0 Å². The largest absolute Gasteiger partial charge is 0.462 e. The van der Waals surface area contributed by atoms with Crippen molar-refractivity contribution in [1.29, 1.82) is 0 Å². The summed E-state index contributed by atoms with van der Waals surface area (Å²) in [6, 6.07) is 0. The average molecular weight is 1130 g/mol. The summed E-state index contributed by atoms with van der Waals surface area (Å²) in [5.74, 6) is -0.955. The Morgan fingerprint density at radius 1 is 0.256 bits per heavy atom. The molecule has 0 aliphatic carbocycles. The van der Waals surface area contributed by atoms with E-state index in [0.29, 0.717) is 25.7 Å². The molecule has 0 bridgehead atoms. The van der Waals surface area contributed by atoms with Gasteiger partial charge in [-0.2, -0.15) is 0 Å². The molecule has 0 aliphatic rings. The molecule has 0 amide bonds. The van der Waals surface area contributed by atoms with Crippen LogP contribution in [0.1, 0.15) is 297 Å². The molecule has 0 N–H and O–H groups in total. The van der Waals surface area contributed by atoms with E-state index in [1.54, 1.807) is 0 Å². The summed E-state index contributed by atoms with van der Waals surface area (Å²) in [5.41, 5.74) is 0. The molecule has 0 saturated heterocycles. The third-order valence-corrected chi connectivity index (χ3v) is 14.1. The van der Waals surface area contributed by atoms with E-state index in [0.717, 1.165) is 141 Å². The number of hydrogen-bond donors (Lipinski definition) is 0. The molecule has 6 heteroatoms. The van der Waals surface area contributed by atoms with E-state index in [2.05, 4.69) is 167 Å². The highest BCUT2D eigenvalue weighted by Crippen LogP contribution is 2.16. The normalized spacial score (nSPS) is 13.1. The van der Waals surface area contributed by atoms with Crippen LogP contribution in [0, 0.1) is 0 Å². The first-order valence-electron chi connectivity index (χ1n) is 33.8. The average Bonchev–Trinajstić information content (AvgIpc) is 3.47. The van der Waals surface area contributed by atoms with Gasteiger partial charge in [0, 0.05) is 19.3 Å². The minimum absolute atomic E-state index is 0.100. The third kappa shape index (κ3) is 66.1. The molecule has 0 rings (SSSR count). The Labute approximate surface area is 506 Å². The molecule has 0 spiro atoms. The second-order valence-electron chi connectivity index (χ2n) is 22.0. The van der Waals surface area contributed by atoms with Crippen LogP contribution in [0.2, 0.25) is 0 Å². The first-order chi connectivity index (χ1) is 40.5. The Bertz CT molecular complexity index is 1780. The fourth-order valence-electron chi connectivity index (χ4n) is 9.10. The summed E-state index contributed by atoms with van der Waals surface area (Å²) in [6.45, 7) is 6.39. The molecule has 464 valence electrons. The van der Waals surface area contributed by atoms with Gasteiger partial charge in [0.1, 0.15) is 13.2 Å². The van der Waals surface area contributed by atoms with E-state index in [9.17, 15) is 14.4 Å². The van der Waals surface area contributed by atoms with Crippen molar-refractivity contribution in [3.8, 4) is 0 Å². The summed E-state index contributed by atoms with van der Waals surface area (Å²) < 4.78 is 16.9. The zero-order chi connectivity index (χ0) is 59.2. The fourth-order valence-corrected chi connectivity index (χ4v) is 9.10. The maximum absolute atomic E-state index is 12.9. The molecule has 0 aromatic heterocycles. The van der Waals surface area contributed by atoms with Crippen LogP contribution in [0.25, 0.3) is 0 Å². The predicted octanol–water partition coefficient (Wildman–Crippen LogP) is 23.5. The Balaban J connectivity index is 4.49. The number of ether oxygens (including phenoxy) is 3. The molecule has 1 unspecified atom stereocenters. The Morgan fingerprint density at radius 3 is 0.768 bits per heavy atom. The number of allylic oxidation sites excluding steroid dienone is 24. The quantitative estimate of drug-likeness (QED) is 0.0261. The molecule has 0 aromatic rings. The fraction of sp³-hybridized carbons (Fsp3) is 0.645. The molecular formula is C76H124O6. The van der Waals surface area contributed by atoms with Crippen LogP contribution in [0.15, 0.2) is 146 Å². The van der Waals surface area contributed by atoms with Crippen molar-refractivity contribution >= 4 is 17.9 Å². The van der Waals surface area contributed by atoms with Gasteiger partial charge in [0.2, 0.25) is 0 Å². The second kappa shape index (κ2) is 68.8. The predicted molar refractivity (Wildman–Crippen MR) is 357 cm³/mol. The molecule has 6 nitrogen and oxygen atoms in total. The van der Waals surface area contributed by atoms with Crippen molar-refractivity contribution in [2.45, 2.75) is 303 Å². The second-order valence-corrected chi connectivity index (χ2v) is 22.0. The Morgan fingerprint density at radius 2 is 0.476 bits per heavy atom. The number of unbranched alkanes of at least 4 members (excludes halogenated alkanes) is 25. The molecule has 0 saturated carbocycles. The lowest BCUT2D eigenvalue weighted by Gasteiger charge is -2.18. The molecule has 0 fully saturated rings. The Kier molecular flexibility index (Phi) is 64.8. The number of carbonyl (C=O) groups excluding carboxylic acids is 3. The van der Waals surface area contributed by atoms with Crippen molar-refractivity contribution in [2.75, 3.05) is 13.2 Å². The first kappa shape index (κ1) is 77.3. The standard InChI is InChI=1S/C76H124O6/c1-4-7-10-13-16-19-22-25-28-31-34-35-36-37-38-39-40-41-43-45-48-51-54-57-60-63-66-69-75(78)81-72-73(71-80-74(77)68-65-62-59-56-53-50-47-44-33-30-27-24-21-18-15-12-9-6-3)82-76(79)70-67-64-61-58-55-52-49-46-42-32-29-26-23-20-17-14-11-8-5-2/h7-8,10-11,16-17,19-20,25-26,28-29,34-35,37-38,40-42,45-46,48,54,57,73H,4-6,9,12-15,18,21-24,27,30-33,36,39,43-44,47,49-53,55-56,58-72H2,1-3H3/b10-7-,11-8-,19-16-,20-17-,28-25-,29-26-,35-34-,38-37-,41-40-,46-42-,48-45-,57-54-. The lowest BCUT2D eigenvalue weighted by molar-refractivity contribution is -0.167. The molecule has 0 radical (unpaired) electrons. The van der Waals surface area contributed by atoms with Gasteiger partial charge in [0.15, 0.2) is 6.10 Å². The van der Waals surface area contributed by atoms with Crippen molar-refractivity contribution in [2.24, 2.45) is 0 Å². The van der Waals surface area contributed by atoms with E-state index in [1.165, 1.54) is 109 Å². The zero-order valence-electron chi connectivity index (χ0n) is 53.2. The highest BCUT2D eigenvalue weighted by atomic mass is 16.6.